The van der Waals surface area contributed by atoms with Crippen LogP contribution in [-0.4, -0.2) is 27.8 Å². The molecule has 1 atom stereocenters. The lowest BCUT2D eigenvalue weighted by molar-refractivity contribution is 0.0876. The highest BCUT2D eigenvalue weighted by atomic mass is 16.2. The molecule has 2 aromatic rings. The molecular weight excluding hydrogens is 312 g/mol. The Kier molecular flexibility index (Phi) is 4.69. The average molecular weight is 340 g/mol. The van der Waals surface area contributed by atoms with Gasteiger partial charge in [0.2, 0.25) is 0 Å². The molecule has 0 radical (unpaired) electrons. The first kappa shape index (κ1) is 17.7. The van der Waals surface area contributed by atoms with Crippen LogP contribution in [0.5, 0.6) is 0 Å². The lowest BCUT2D eigenvalue weighted by atomic mass is 9.88. The second-order valence-electron chi connectivity index (χ2n) is 7.56. The SMILES string of the molecule is Cc1ccccc1-n1nc(C(=O)NC(C)(CN)C(C)C)c2c1CCC2. The van der Waals surface area contributed by atoms with Gasteiger partial charge >= 0.3 is 0 Å². The van der Waals surface area contributed by atoms with Crippen molar-refractivity contribution >= 4 is 5.91 Å². The molecule has 134 valence electrons. The summed E-state index contributed by atoms with van der Waals surface area (Å²) in [5.74, 6) is 0.125. The first-order valence-corrected chi connectivity index (χ1v) is 9.06. The second-order valence-corrected chi connectivity index (χ2v) is 7.56. The van der Waals surface area contributed by atoms with Gasteiger partial charge in [-0.3, -0.25) is 4.79 Å². The third kappa shape index (κ3) is 3.09. The number of rotatable bonds is 5. The van der Waals surface area contributed by atoms with Crippen molar-refractivity contribution in [3.63, 3.8) is 0 Å². The second kappa shape index (κ2) is 6.64. The third-order valence-corrected chi connectivity index (χ3v) is 5.59. The van der Waals surface area contributed by atoms with Gasteiger partial charge in [0.05, 0.1) is 11.2 Å². The number of fused-ring (bicyclic) bond motifs is 1. The summed E-state index contributed by atoms with van der Waals surface area (Å²) in [6, 6.07) is 8.16. The van der Waals surface area contributed by atoms with E-state index in [2.05, 4.69) is 38.2 Å². The third-order valence-electron chi connectivity index (χ3n) is 5.59. The van der Waals surface area contributed by atoms with Crippen LogP contribution < -0.4 is 11.1 Å². The number of hydrogen-bond donors (Lipinski definition) is 2. The smallest absolute Gasteiger partial charge is 0.272 e. The standard InChI is InChI=1S/C20H28N4O/c1-13(2)20(4,12-21)22-19(25)18-15-9-7-11-17(15)24(23-18)16-10-6-5-8-14(16)3/h5-6,8,10,13H,7,9,11-12,21H2,1-4H3,(H,22,25). The summed E-state index contributed by atoms with van der Waals surface area (Å²) in [5, 5.41) is 7.83. The largest absolute Gasteiger partial charge is 0.344 e. The molecular formula is C20H28N4O. The van der Waals surface area contributed by atoms with Gasteiger partial charge in [0.1, 0.15) is 0 Å². The van der Waals surface area contributed by atoms with Gasteiger partial charge in [-0.15, -0.1) is 0 Å². The summed E-state index contributed by atoms with van der Waals surface area (Å²) < 4.78 is 1.96. The van der Waals surface area contributed by atoms with Crippen LogP contribution in [0.1, 0.15) is 54.5 Å². The fourth-order valence-corrected chi connectivity index (χ4v) is 3.37. The van der Waals surface area contributed by atoms with Gasteiger partial charge < -0.3 is 11.1 Å². The van der Waals surface area contributed by atoms with Crippen molar-refractivity contribution in [2.75, 3.05) is 6.54 Å². The zero-order valence-electron chi connectivity index (χ0n) is 15.6. The predicted molar refractivity (Wildman–Crippen MR) is 100 cm³/mol. The molecule has 5 heteroatoms. The van der Waals surface area contributed by atoms with Gasteiger partial charge in [0.15, 0.2) is 5.69 Å². The lowest BCUT2D eigenvalue weighted by Crippen LogP contribution is -2.55. The molecule has 0 bridgehead atoms. The Morgan fingerprint density at radius 1 is 1.36 bits per heavy atom. The zero-order chi connectivity index (χ0) is 18.2. The monoisotopic (exact) mass is 340 g/mol. The maximum atomic E-state index is 13.0. The molecule has 1 unspecified atom stereocenters. The van der Waals surface area contributed by atoms with Crippen molar-refractivity contribution in [1.29, 1.82) is 0 Å². The fourth-order valence-electron chi connectivity index (χ4n) is 3.37. The first-order valence-electron chi connectivity index (χ1n) is 9.06. The Balaban J connectivity index is 2.00. The summed E-state index contributed by atoms with van der Waals surface area (Å²) in [5.41, 5.74) is 10.5. The Labute approximate surface area is 149 Å². The van der Waals surface area contributed by atoms with E-state index in [1.165, 1.54) is 5.69 Å². The molecule has 1 aliphatic rings. The molecule has 0 fully saturated rings. The highest BCUT2D eigenvalue weighted by molar-refractivity contribution is 5.94. The number of nitrogens with one attached hydrogen (secondary N) is 1. The van der Waals surface area contributed by atoms with E-state index in [4.69, 9.17) is 10.8 Å². The number of aromatic nitrogens is 2. The van der Waals surface area contributed by atoms with Crippen LogP contribution in [0.2, 0.25) is 0 Å². The minimum absolute atomic E-state index is 0.118. The van der Waals surface area contributed by atoms with Crippen LogP contribution in [0.4, 0.5) is 0 Å². The van der Waals surface area contributed by atoms with Crippen LogP contribution in [-0.2, 0) is 12.8 Å². The molecule has 3 rings (SSSR count). The summed E-state index contributed by atoms with van der Waals surface area (Å²) in [6.07, 6.45) is 2.94. The van der Waals surface area contributed by atoms with Gasteiger partial charge in [0, 0.05) is 17.8 Å². The van der Waals surface area contributed by atoms with E-state index in [0.29, 0.717) is 12.2 Å². The number of carbonyl (C=O) groups excluding carboxylic acids is 1. The molecule has 1 aliphatic carbocycles. The molecule has 1 aromatic heterocycles. The number of nitrogens with two attached hydrogens (primary N) is 1. The molecule has 1 heterocycles. The van der Waals surface area contributed by atoms with Gasteiger partial charge in [-0.25, -0.2) is 4.68 Å². The van der Waals surface area contributed by atoms with Crippen molar-refractivity contribution in [2.45, 2.75) is 52.5 Å². The topological polar surface area (TPSA) is 72.9 Å². The molecule has 1 aromatic carbocycles. The molecule has 25 heavy (non-hydrogen) atoms. The van der Waals surface area contributed by atoms with Gasteiger partial charge in [0.25, 0.3) is 5.91 Å². The summed E-state index contributed by atoms with van der Waals surface area (Å²) >= 11 is 0. The van der Waals surface area contributed by atoms with E-state index in [1.54, 1.807) is 0 Å². The first-order chi connectivity index (χ1) is 11.9. The Morgan fingerprint density at radius 3 is 2.72 bits per heavy atom. The number of carbonyl (C=O) groups is 1. The summed E-state index contributed by atoms with van der Waals surface area (Å²) in [6.45, 7) is 8.61. The Morgan fingerprint density at radius 2 is 2.08 bits per heavy atom. The average Bonchev–Trinajstić information content (AvgIpc) is 3.17. The predicted octanol–water partition coefficient (Wildman–Crippen LogP) is 2.77. The molecule has 1 amide bonds. The highest BCUT2D eigenvalue weighted by Gasteiger charge is 2.33. The van der Waals surface area contributed by atoms with E-state index in [0.717, 1.165) is 36.1 Å². The molecule has 0 saturated carbocycles. The van der Waals surface area contributed by atoms with Gasteiger partial charge in [-0.05, 0) is 50.7 Å². The quantitative estimate of drug-likeness (QED) is 0.879. The maximum Gasteiger partial charge on any atom is 0.272 e. The number of aryl methyl sites for hydroxylation is 1. The Hall–Kier alpha value is -2.14. The van der Waals surface area contributed by atoms with E-state index in [-0.39, 0.29) is 11.8 Å². The molecule has 0 aliphatic heterocycles. The number of benzene rings is 1. The highest BCUT2D eigenvalue weighted by Crippen LogP contribution is 2.29. The van der Waals surface area contributed by atoms with Crippen LogP contribution in [0, 0.1) is 12.8 Å². The van der Waals surface area contributed by atoms with Crippen molar-refractivity contribution in [1.82, 2.24) is 15.1 Å². The zero-order valence-corrected chi connectivity index (χ0v) is 15.6. The molecule has 5 nitrogen and oxygen atoms in total. The van der Waals surface area contributed by atoms with E-state index in [1.807, 2.05) is 23.7 Å². The molecule has 0 spiro atoms. The van der Waals surface area contributed by atoms with Crippen molar-refractivity contribution in [3.8, 4) is 5.69 Å². The van der Waals surface area contributed by atoms with Crippen molar-refractivity contribution < 1.29 is 4.79 Å². The fraction of sp³-hybridized carbons (Fsp3) is 0.500. The van der Waals surface area contributed by atoms with E-state index < -0.39 is 5.54 Å². The van der Waals surface area contributed by atoms with Crippen LogP contribution in [0.15, 0.2) is 24.3 Å². The number of nitrogens with zero attached hydrogens (tertiary/aromatic N) is 2. The maximum absolute atomic E-state index is 13.0. The molecule has 3 N–H and O–H groups in total. The minimum atomic E-state index is -0.436. The summed E-state index contributed by atoms with van der Waals surface area (Å²) in [7, 11) is 0. The van der Waals surface area contributed by atoms with Crippen molar-refractivity contribution in [2.24, 2.45) is 11.7 Å². The number of para-hydroxylation sites is 1. The van der Waals surface area contributed by atoms with Gasteiger partial charge in [-0.1, -0.05) is 32.0 Å². The molecule has 0 saturated heterocycles. The number of hydrogen-bond acceptors (Lipinski definition) is 3. The summed E-state index contributed by atoms with van der Waals surface area (Å²) in [4.78, 5) is 13.0. The van der Waals surface area contributed by atoms with Crippen LogP contribution in [0.25, 0.3) is 5.69 Å². The van der Waals surface area contributed by atoms with Crippen LogP contribution in [0.3, 0.4) is 0 Å². The van der Waals surface area contributed by atoms with Gasteiger partial charge in [-0.2, -0.15) is 5.10 Å². The van der Waals surface area contributed by atoms with E-state index >= 15 is 0 Å². The minimum Gasteiger partial charge on any atom is -0.344 e. The Bertz CT molecular complexity index is 793. The van der Waals surface area contributed by atoms with E-state index in [9.17, 15) is 4.79 Å². The normalized spacial score (nSPS) is 15.9. The van der Waals surface area contributed by atoms with Crippen molar-refractivity contribution in [3.05, 3.63) is 46.8 Å². The number of amides is 1. The lowest BCUT2D eigenvalue weighted by Gasteiger charge is -2.33. The van der Waals surface area contributed by atoms with Crippen LogP contribution >= 0.6 is 0 Å².